The minimum absolute atomic E-state index is 0.00926. The summed E-state index contributed by atoms with van der Waals surface area (Å²) in [6.07, 6.45) is 0. The summed E-state index contributed by atoms with van der Waals surface area (Å²) in [5.74, 6) is -2.28. The lowest BCUT2D eigenvalue weighted by Crippen LogP contribution is -2.17. The van der Waals surface area contributed by atoms with Gasteiger partial charge in [-0.25, -0.2) is 9.59 Å². The predicted octanol–water partition coefficient (Wildman–Crippen LogP) is -0.602. The van der Waals surface area contributed by atoms with E-state index in [9.17, 15) is 9.59 Å². The Morgan fingerprint density at radius 1 is 1.17 bits per heavy atom. The second kappa shape index (κ2) is 2.94. The van der Waals surface area contributed by atoms with E-state index in [1.54, 1.807) is 11.9 Å². The molecule has 1 heterocycles. The lowest BCUT2D eigenvalue weighted by Gasteiger charge is -2.04. The summed E-state index contributed by atoms with van der Waals surface area (Å²) in [7, 11) is 1.68. The number of carboxylic acid groups (broad SMARTS) is 2. The molecule has 0 radical (unpaired) electrons. The van der Waals surface area contributed by atoms with Crippen LogP contribution in [0, 0.1) is 0 Å². The minimum Gasteiger partial charge on any atom is -0.478 e. The van der Waals surface area contributed by atoms with Crippen LogP contribution in [0.2, 0.25) is 0 Å². The molecule has 0 atom stereocenters. The summed E-state index contributed by atoms with van der Waals surface area (Å²) in [6, 6.07) is 0. The topological polar surface area (TPSA) is 77.8 Å². The Labute approximate surface area is 68.9 Å². The van der Waals surface area contributed by atoms with Crippen LogP contribution in [0.1, 0.15) is 0 Å². The van der Waals surface area contributed by atoms with E-state index in [2.05, 4.69) is 0 Å². The maximum absolute atomic E-state index is 10.5. The van der Waals surface area contributed by atoms with Crippen LogP contribution in [0.5, 0.6) is 0 Å². The fourth-order valence-corrected chi connectivity index (χ4v) is 1.18. The molecular formula is C7H9NO4. The molecule has 1 rings (SSSR count). The van der Waals surface area contributed by atoms with Crippen molar-refractivity contribution < 1.29 is 19.8 Å². The SMILES string of the molecule is CN1CC(C(=O)O)=C(C(=O)O)C1. The minimum atomic E-state index is -1.14. The van der Waals surface area contributed by atoms with E-state index in [0.29, 0.717) is 0 Å². The zero-order valence-corrected chi connectivity index (χ0v) is 6.57. The van der Waals surface area contributed by atoms with Crippen LogP contribution in [-0.4, -0.2) is 47.2 Å². The van der Waals surface area contributed by atoms with Gasteiger partial charge in [-0.15, -0.1) is 0 Å². The highest BCUT2D eigenvalue weighted by Crippen LogP contribution is 2.15. The molecule has 0 unspecified atom stereocenters. The third-order valence-corrected chi connectivity index (χ3v) is 1.74. The molecule has 66 valence electrons. The normalized spacial score (nSPS) is 18.4. The number of hydrogen-bond donors (Lipinski definition) is 2. The van der Waals surface area contributed by atoms with E-state index in [4.69, 9.17) is 10.2 Å². The van der Waals surface area contributed by atoms with Crippen molar-refractivity contribution in [3.63, 3.8) is 0 Å². The molecule has 0 aromatic rings. The number of carboxylic acids is 2. The summed E-state index contributed by atoms with van der Waals surface area (Å²) >= 11 is 0. The number of aliphatic carboxylic acids is 2. The molecule has 1 aliphatic rings. The Morgan fingerprint density at radius 2 is 1.50 bits per heavy atom. The third-order valence-electron chi connectivity index (χ3n) is 1.74. The van der Waals surface area contributed by atoms with E-state index in [1.165, 1.54) is 0 Å². The lowest BCUT2D eigenvalue weighted by atomic mass is 10.1. The van der Waals surface area contributed by atoms with Crippen LogP contribution in [0.25, 0.3) is 0 Å². The van der Waals surface area contributed by atoms with Gasteiger partial charge in [0.1, 0.15) is 0 Å². The molecule has 0 aliphatic carbocycles. The van der Waals surface area contributed by atoms with Crippen molar-refractivity contribution in [2.75, 3.05) is 20.1 Å². The molecule has 5 nitrogen and oxygen atoms in total. The molecule has 1 aliphatic heterocycles. The van der Waals surface area contributed by atoms with Crippen LogP contribution in [-0.2, 0) is 9.59 Å². The Balaban J connectivity index is 2.96. The second-order valence-electron chi connectivity index (χ2n) is 2.74. The fourth-order valence-electron chi connectivity index (χ4n) is 1.18. The first-order valence-corrected chi connectivity index (χ1v) is 3.39. The van der Waals surface area contributed by atoms with E-state index in [1.807, 2.05) is 0 Å². The molecule has 2 N–H and O–H groups in total. The summed E-state index contributed by atoms with van der Waals surface area (Å²) < 4.78 is 0. The van der Waals surface area contributed by atoms with Gasteiger partial charge in [0.2, 0.25) is 0 Å². The molecule has 0 aromatic carbocycles. The first-order valence-electron chi connectivity index (χ1n) is 3.39. The van der Waals surface area contributed by atoms with E-state index in [-0.39, 0.29) is 24.2 Å². The number of rotatable bonds is 2. The highest BCUT2D eigenvalue weighted by atomic mass is 16.4. The summed E-state index contributed by atoms with van der Waals surface area (Å²) in [5, 5.41) is 17.2. The molecule has 12 heavy (non-hydrogen) atoms. The van der Waals surface area contributed by atoms with Crippen molar-refractivity contribution in [3.8, 4) is 0 Å². The van der Waals surface area contributed by atoms with Gasteiger partial charge in [0.25, 0.3) is 0 Å². The Morgan fingerprint density at radius 3 is 1.75 bits per heavy atom. The second-order valence-corrected chi connectivity index (χ2v) is 2.74. The number of likely N-dealkylation sites (N-methyl/N-ethyl adjacent to an activating group) is 1. The van der Waals surface area contributed by atoms with Gasteiger partial charge in [0.15, 0.2) is 0 Å². The molecule has 0 aromatic heterocycles. The van der Waals surface area contributed by atoms with Crippen molar-refractivity contribution in [3.05, 3.63) is 11.1 Å². The zero-order valence-electron chi connectivity index (χ0n) is 6.57. The van der Waals surface area contributed by atoms with Gasteiger partial charge in [-0.05, 0) is 7.05 Å². The average molecular weight is 171 g/mol. The molecule has 0 bridgehead atoms. The summed E-state index contributed by atoms with van der Waals surface area (Å²) in [6.45, 7) is 0.411. The third kappa shape index (κ3) is 1.45. The summed E-state index contributed by atoms with van der Waals surface area (Å²) in [4.78, 5) is 22.7. The fraction of sp³-hybridized carbons (Fsp3) is 0.429. The van der Waals surface area contributed by atoms with Crippen molar-refractivity contribution in [2.24, 2.45) is 0 Å². The highest BCUT2D eigenvalue weighted by molar-refractivity contribution is 6.00. The quantitative estimate of drug-likeness (QED) is 0.580. The molecule has 0 spiro atoms. The summed E-state index contributed by atoms with van der Waals surface area (Å²) in [5.41, 5.74) is -0.0185. The maximum Gasteiger partial charge on any atom is 0.333 e. The van der Waals surface area contributed by atoms with Crippen LogP contribution >= 0.6 is 0 Å². The van der Waals surface area contributed by atoms with Gasteiger partial charge < -0.3 is 10.2 Å². The molecule has 0 amide bonds. The van der Waals surface area contributed by atoms with Crippen molar-refractivity contribution >= 4 is 11.9 Å². The monoisotopic (exact) mass is 171 g/mol. The van der Waals surface area contributed by atoms with Gasteiger partial charge in [-0.3, -0.25) is 4.90 Å². The van der Waals surface area contributed by atoms with Gasteiger partial charge >= 0.3 is 11.9 Å². The van der Waals surface area contributed by atoms with Crippen molar-refractivity contribution in [2.45, 2.75) is 0 Å². The highest BCUT2D eigenvalue weighted by Gasteiger charge is 2.27. The number of nitrogens with zero attached hydrogens (tertiary/aromatic N) is 1. The van der Waals surface area contributed by atoms with Gasteiger partial charge in [-0.2, -0.15) is 0 Å². The van der Waals surface area contributed by atoms with Crippen LogP contribution in [0.3, 0.4) is 0 Å². The standard InChI is InChI=1S/C7H9NO4/c1-8-2-4(6(9)10)5(3-8)7(11)12/h2-3H2,1H3,(H,9,10)(H,11,12). The van der Waals surface area contributed by atoms with E-state index in [0.717, 1.165) is 0 Å². The van der Waals surface area contributed by atoms with Crippen LogP contribution < -0.4 is 0 Å². The largest absolute Gasteiger partial charge is 0.478 e. The van der Waals surface area contributed by atoms with E-state index < -0.39 is 11.9 Å². The Bertz CT molecular complexity index is 243. The van der Waals surface area contributed by atoms with Crippen LogP contribution in [0.4, 0.5) is 0 Å². The lowest BCUT2D eigenvalue weighted by molar-refractivity contribution is -0.135. The smallest absolute Gasteiger partial charge is 0.333 e. The molecular weight excluding hydrogens is 162 g/mol. The first kappa shape index (κ1) is 8.73. The van der Waals surface area contributed by atoms with Gasteiger partial charge in [-0.1, -0.05) is 0 Å². The first-order chi connectivity index (χ1) is 5.52. The molecule has 0 saturated heterocycles. The zero-order chi connectivity index (χ0) is 9.30. The maximum atomic E-state index is 10.5. The van der Waals surface area contributed by atoms with Crippen LogP contribution in [0.15, 0.2) is 11.1 Å². The number of carbonyl (C=O) groups is 2. The predicted molar refractivity (Wildman–Crippen MR) is 39.8 cm³/mol. The molecule has 0 saturated carbocycles. The van der Waals surface area contributed by atoms with E-state index >= 15 is 0 Å². The number of hydrogen-bond acceptors (Lipinski definition) is 3. The molecule has 5 heteroatoms. The Kier molecular flexibility index (Phi) is 2.14. The van der Waals surface area contributed by atoms with Gasteiger partial charge in [0, 0.05) is 13.1 Å². The van der Waals surface area contributed by atoms with Gasteiger partial charge in [0.05, 0.1) is 11.1 Å². The van der Waals surface area contributed by atoms with Crippen molar-refractivity contribution in [1.29, 1.82) is 0 Å². The molecule has 0 fully saturated rings. The van der Waals surface area contributed by atoms with Crippen molar-refractivity contribution in [1.82, 2.24) is 4.90 Å². The average Bonchev–Trinajstić information content (AvgIpc) is 2.31. The Hall–Kier alpha value is -1.36.